The van der Waals surface area contributed by atoms with Crippen LogP contribution in [0.25, 0.3) is 0 Å². The van der Waals surface area contributed by atoms with Gasteiger partial charge in [-0.2, -0.15) is 14.8 Å². The number of amidine groups is 2. The summed E-state index contributed by atoms with van der Waals surface area (Å²) >= 11 is 0. The molecule has 2 N–H and O–H groups in total. The summed E-state index contributed by atoms with van der Waals surface area (Å²) in [4.78, 5) is 14.5. The number of furan rings is 1. The molecule has 0 spiro atoms. The fraction of sp³-hybridized carbons (Fsp3) is 0.308. The molecule has 3 heterocycles. The molecule has 0 amide bonds. The molecular formula is C13H16N5O2+. The van der Waals surface area contributed by atoms with Gasteiger partial charge in [-0.1, -0.05) is 13.3 Å². The highest BCUT2D eigenvalue weighted by Gasteiger charge is 2.43. The molecule has 7 heteroatoms. The van der Waals surface area contributed by atoms with Crippen LogP contribution in [-0.2, 0) is 4.84 Å². The van der Waals surface area contributed by atoms with E-state index in [1.807, 2.05) is 0 Å². The molecule has 1 aromatic heterocycles. The van der Waals surface area contributed by atoms with Gasteiger partial charge in [0.2, 0.25) is 5.84 Å². The second kappa shape index (κ2) is 5.03. The third kappa shape index (κ3) is 2.17. The summed E-state index contributed by atoms with van der Waals surface area (Å²) in [6, 6.07) is 3.59. The Labute approximate surface area is 116 Å². The summed E-state index contributed by atoms with van der Waals surface area (Å²) in [7, 11) is 0. The van der Waals surface area contributed by atoms with Gasteiger partial charge in [-0.05, 0) is 23.7 Å². The summed E-state index contributed by atoms with van der Waals surface area (Å²) < 4.78 is 5.07. The minimum Gasteiger partial charge on any atom is -0.461 e. The molecule has 0 saturated carbocycles. The van der Waals surface area contributed by atoms with Gasteiger partial charge in [0, 0.05) is 4.76 Å². The monoisotopic (exact) mass is 274 g/mol. The fourth-order valence-electron chi connectivity index (χ4n) is 1.94. The lowest BCUT2D eigenvalue weighted by Crippen LogP contribution is -2.41. The molecule has 2 aliphatic heterocycles. The standard InChI is InChI=1S/C13H16N5O2/c1-2-3-7-20-18-9-15-13(10-5-4-6-19-10)16-12(18)8-11(14)17-18/h4-6,8-9H,2-3,7H2,1H3,(H2,14,17)/q+1. The van der Waals surface area contributed by atoms with E-state index in [2.05, 4.69) is 22.0 Å². The fourth-order valence-corrected chi connectivity index (χ4v) is 1.94. The van der Waals surface area contributed by atoms with Crippen LogP contribution < -0.4 is 5.73 Å². The molecule has 2 aliphatic rings. The molecule has 0 fully saturated rings. The lowest BCUT2D eigenvalue weighted by molar-refractivity contribution is -1.01. The first-order chi connectivity index (χ1) is 9.73. The third-order valence-corrected chi connectivity index (χ3v) is 2.95. The maximum Gasteiger partial charge on any atom is 0.300 e. The maximum atomic E-state index is 5.79. The zero-order valence-corrected chi connectivity index (χ0v) is 11.2. The van der Waals surface area contributed by atoms with Crippen LogP contribution in [0.1, 0.15) is 25.5 Å². The van der Waals surface area contributed by atoms with Crippen LogP contribution in [0.2, 0.25) is 0 Å². The van der Waals surface area contributed by atoms with Crippen molar-refractivity contribution in [1.29, 1.82) is 0 Å². The first kappa shape index (κ1) is 12.8. The van der Waals surface area contributed by atoms with Gasteiger partial charge in [0.15, 0.2) is 11.6 Å². The van der Waals surface area contributed by atoms with Gasteiger partial charge in [-0.15, -0.1) is 0 Å². The van der Waals surface area contributed by atoms with Crippen molar-refractivity contribution >= 4 is 18.0 Å². The Morgan fingerprint density at radius 2 is 2.35 bits per heavy atom. The van der Waals surface area contributed by atoms with Crippen LogP contribution in [0.4, 0.5) is 0 Å². The molecule has 0 aliphatic carbocycles. The molecule has 0 bridgehead atoms. The van der Waals surface area contributed by atoms with E-state index in [-0.39, 0.29) is 4.76 Å². The number of unbranched alkanes of at least 4 members (excludes halogenated alkanes) is 1. The van der Waals surface area contributed by atoms with Crippen LogP contribution in [0, 0.1) is 0 Å². The van der Waals surface area contributed by atoms with Crippen molar-refractivity contribution in [3.63, 3.8) is 0 Å². The molecule has 0 aromatic carbocycles. The number of hydroxylamine groups is 2. The van der Waals surface area contributed by atoms with Gasteiger partial charge in [0.25, 0.3) is 6.34 Å². The molecule has 1 unspecified atom stereocenters. The van der Waals surface area contributed by atoms with Crippen molar-refractivity contribution in [3.8, 4) is 0 Å². The van der Waals surface area contributed by atoms with E-state index in [0.717, 1.165) is 12.8 Å². The molecular weight excluding hydrogens is 258 g/mol. The zero-order chi connectivity index (χ0) is 14.0. The molecule has 1 atom stereocenters. The van der Waals surface area contributed by atoms with Gasteiger partial charge in [0.1, 0.15) is 6.61 Å². The maximum absolute atomic E-state index is 5.79. The molecule has 104 valence electrons. The van der Waals surface area contributed by atoms with Crippen LogP contribution in [-0.4, -0.2) is 29.4 Å². The van der Waals surface area contributed by atoms with Crippen molar-refractivity contribution < 1.29 is 14.0 Å². The number of quaternary nitrogens is 1. The number of hydrogen-bond donors (Lipinski definition) is 1. The van der Waals surface area contributed by atoms with Crippen molar-refractivity contribution in [3.05, 3.63) is 36.1 Å². The summed E-state index contributed by atoms with van der Waals surface area (Å²) in [5, 5.41) is 4.26. The normalized spacial score (nSPS) is 24.1. The number of fused-ring (bicyclic) bond motifs is 1. The average molecular weight is 274 g/mol. The summed E-state index contributed by atoms with van der Waals surface area (Å²) in [6.07, 6.45) is 6.81. The molecule has 20 heavy (non-hydrogen) atoms. The predicted octanol–water partition coefficient (Wildman–Crippen LogP) is 1.74. The Morgan fingerprint density at radius 3 is 3.10 bits per heavy atom. The van der Waals surface area contributed by atoms with E-state index >= 15 is 0 Å². The highest BCUT2D eigenvalue weighted by molar-refractivity contribution is 6.03. The first-order valence-electron chi connectivity index (χ1n) is 6.52. The second-order valence-electron chi connectivity index (χ2n) is 4.49. The highest BCUT2D eigenvalue weighted by atomic mass is 16.7. The Morgan fingerprint density at radius 1 is 1.45 bits per heavy atom. The van der Waals surface area contributed by atoms with Crippen LogP contribution in [0.3, 0.4) is 0 Å². The SMILES string of the molecule is CCCCO[N+]12C=NC(c3ccco3)=NC1=CC(N)=N2. The zero-order valence-electron chi connectivity index (χ0n) is 11.2. The predicted molar refractivity (Wildman–Crippen MR) is 74.6 cm³/mol. The average Bonchev–Trinajstić information content (AvgIpc) is 3.04. The van der Waals surface area contributed by atoms with Crippen LogP contribution in [0.5, 0.6) is 0 Å². The minimum absolute atomic E-state index is 0.226. The van der Waals surface area contributed by atoms with Crippen LogP contribution in [0.15, 0.2) is 49.8 Å². The Kier molecular flexibility index (Phi) is 3.21. The first-order valence-corrected chi connectivity index (χ1v) is 6.52. The summed E-state index contributed by atoms with van der Waals surface area (Å²) in [5.74, 6) is 2.03. The van der Waals surface area contributed by atoms with Gasteiger partial charge in [0.05, 0.1) is 12.3 Å². The Hall–Kier alpha value is -2.25. The van der Waals surface area contributed by atoms with Gasteiger partial charge >= 0.3 is 5.82 Å². The van der Waals surface area contributed by atoms with Gasteiger partial charge in [-0.3, -0.25) is 0 Å². The lowest BCUT2D eigenvalue weighted by Gasteiger charge is -2.22. The lowest BCUT2D eigenvalue weighted by atomic mass is 10.4. The smallest absolute Gasteiger partial charge is 0.300 e. The largest absolute Gasteiger partial charge is 0.461 e. The van der Waals surface area contributed by atoms with E-state index in [4.69, 9.17) is 15.0 Å². The molecule has 0 radical (unpaired) electrons. The van der Waals surface area contributed by atoms with Crippen molar-refractivity contribution in [2.24, 2.45) is 20.8 Å². The minimum atomic E-state index is -0.226. The third-order valence-electron chi connectivity index (χ3n) is 2.95. The van der Waals surface area contributed by atoms with Crippen LogP contribution >= 0.6 is 0 Å². The number of nitrogens with two attached hydrogens (primary N) is 1. The van der Waals surface area contributed by atoms with Gasteiger partial charge < -0.3 is 10.2 Å². The molecule has 1 aromatic rings. The van der Waals surface area contributed by atoms with E-state index in [1.165, 1.54) is 0 Å². The van der Waals surface area contributed by atoms with E-state index < -0.39 is 0 Å². The Balaban J connectivity index is 1.87. The van der Waals surface area contributed by atoms with E-state index in [9.17, 15) is 0 Å². The van der Waals surface area contributed by atoms with Crippen molar-refractivity contribution in [2.45, 2.75) is 19.8 Å². The quantitative estimate of drug-likeness (QED) is 0.655. The number of hydrogen-bond acceptors (Lipinski definition) is 6. The summed E-state index contributed by atoms with van der Waals surface area (Å²) in [5.41, 5.74) is 5.77. The summed E-state index contributed by atoms with van der Waals surface area (Å²) in [6.45, 7) is 2.65. The Bertz CT molecular complexity index is 615. The molecule has 3 rings (SSSR count). The van der Waals surface area contributed by atoms with Crippen molar-refractivity contribution in [1.82, 2.24) is 0 Å². The van der Waals surface area contributed by atoms with E-state index in [1.54, 1.807) is 30.8 Å². The molecule has 7 nitrogen and oxygen atoms in total. The highest BCUT2D eigenvalue weighted by Crippen LogP contribution is 2.28. The van der Waals surface area contributed by atoms with E-state index in [0.29, 0.717) is 29.9 Å². The second-order valence-corrected chi connectivity index (χ2v) is 4.49. The number of aliphatic imine (C=N–C) groups is 2. The number of rotatable bonds is 5. The van der Waals surface area contributed by atoms with Crippen molar-refractivity contribution in [2.75, 3.05) is 6.61 Å². The topological polar surface area (TPSA) is 85.5 Å². The van der Waals surface area contributed by atoms with Gasteiger partial charge in [-0.25, -0.2) is 0 Å². The molecule has 0 saturated heterocycles. The number of nitrogens with zero attached hydrogens (tertiary/aromatic N) is 4.